The highest BCUT2D eigenvalue weighted by Crippen LogP contribution is 2.34. The first-order chi connectivity index (χ1) is 11.1. The van der Waals surface area contributed by atoms with Gasteiger partial charge in [-0.15, -0.1) is 0 Å². The van der Waals surface area contributed by atoms with Crippen molar-refractivity contribution in [3.8, 4) is 11.5 Å². The van der Waals surface area contributed by atoms with E-state index in [0.717, 1.165) is 24.8 Å². The predicted octanol–water partition coefficient (Wildman–Crippen LogP) is 4.18. The summed E-state index contributed by atoms with van der Waals surface area (Å²) in [6.45, 7) is 5.13. The molecule has 1 aliphatic heterocycles. The van der Waals surface area contributed by atoms with E-state index in [0.29, 0.717) is 28.1 Å². The second-order valence-corrected chi connectivity index (χ2v) is 6.88. The van der Waals surface area contributed by atoms with Crippen LogP contribution >= 0.6 is 24.0 Å². The molecule has 4 nitrogen and oxygen atoms in total. The number of nitrogens with zero attached hydrogens (tertiary/aromatic N) is 1. The highest BCUT2D eigenvalue weighted by Gasteiger charge is 2.31. The summed E-state index contributed by atoms with van der Waals surface area (Å²) in [6.07, 6.45) is 4.95. The Morgan fingerprint density at radius 3 is 2.83 bits per heavy atom. The molecule has 1 aromatic rings. The SMILES string of the molecule is CCCCCN1C(=O)/C(=C\c2ccc(O)c(OCC)c2)SC1=S. The first-order valence-electron chi connectivity index (χ1n) is 7.78. The molecule has 1 N–H and O–H groups in total. The Morgan fingerprint density at radius 2 is 2.13 bits per heavy atom. The lowest BCUT2D eigenvalue weighted by molar-refractivity contribution is -0.122. The highest BCUT2D eigenvalue weighted by atomic mass is 32.2. The molecule has 2 rings (SSSR count). The number of thioether (sulfide) groups is 1. The maximum Gasteiger partial charge on any atom is 0.266 e. The Bertz CT molecular complexity index is 628. The third-order valence-electron chi connectivity index (χ3n) is 3.44. The van der Waals surface area contributed by atoms with Gasteiger partial charge in [-0.3, -0.25) is 9.69 Å². The van der Waals surface area contributed by atoms with E-state index in [-0.39, 0.29) is 11.7 Å². The number of phenols is 1. The Hall–Kier alpha value is -1.53. The second kappa shape index (κ2) is 8.36. The number of unbranched alkanes of at least 4 members (excludes halogenated alkanes) is 2. The number of benzene rings is 1. The highest BCUT2D eigenvalue weighted by molar-refractivity contribution is 8.26. The number of ether oxygens (including phenoxy) is 1. The first kappa shape index (κ1) is 17.8. The summed E-state index contributed by atoms with van der Waals surface area (Å²) in [5.74, 6) is 0.470. The number of carbonyl (C=O) groups is 1. The number of hydrogen-bond donors (Lipinski definition) is 1. The number of rotatable bonds is 7. The summed E-state index contributed by atoms with van der Waals surface area (Å²) in [7, 11) is 0. The standard InChI is InChI=1S/C17H21NO3S2/c1-3-5-6-9-18-16(20)15(23-17(18)22)11-12-7-8-13(19)14(10-12)21-4-2/h7-8,10-11,19H,3-6,9H2,1-2H3/b15-11+. The molecule has 124 valence electrons. The summed E-state index contributed by atoms with van der Waals surface area (Å²) in [6, 6.07) is 5.04. The topological polar surface area (TPSA) is 49.8 Å². The summed E-state index contributed by atoms with van der Waals surface area (Å²) < 4.78 is 5.98. The first-order valence-corrected chi connectivity index (χ1v) is 9.00. The molecule has 0 saturated carbocycles. The number of amides is 1. The van der Waals surface area contributed by atoms with Gasteiger partial charge >= 0.3 is 0 Å². The van der Waals surface area contributed by atoms with Gasteiger partial charge in [-0.25, -0.2) is 0 Å². The van der Waals surface area contributed by atoms with Gasteiger partial charge in [0.1, 0.15) is 4.32 Å². The van der Waals surface area contributed by atoms with Gasteiger partial charge < -0.3 is 9.84 Å². The molecule has 1 heterocycles. The van der Waals surface area contributed by atoms with Crippen molar-refractivity contribution in [2.45, 2.75) is 33.1 Å². The molecule has 0 aliphatic carbocycles. The molecular formula is C17H21NO3S2. The smallest absolute Gasteiger partial charge is 0.266 e. The monoisotopic (exact) mass is 351 g/mol. The molecule has 0 bridgehead atoms. The zero-order valence-corrected chi connectivity index (χ0v) is 15.0. The van der Waals surface area contributed by atoms with Crippen LogP contribution in [0, 0.1) is 0 Å². The van der Waals surface area contributed by atoms with Gasteiger partial charge in [-0.1, -0.05) is 49.8 Å². The van der Waals surface area contributed by atoms with Crippen LogP contribution in [-0.4, -0.2) is 33.4 Å². The lowest BCUT2D eigenvalue weighted by Crippen LogP contribution is -2.28. The fourth-order valence-corrected chi connectivity index (χ4v) is 3.56. The van der Waals surface area contributed by atoms with Crippen LogP contribution < -0.4 is 4.74 Å². The summed E-state index contributed by atoms with van der Waals surface area (Å²) in [5.41, 5.74) is 0.806. The lowest BCUT2D eigenvalue weighted by atomic mass is 10.2. The zero-order valence-electron chi connectivity index (χ0n) is 13.4. The molecule has 1 saturated heterocycles. The van der Waals surface area contributed by atoms with Crippen LogP contribution in [0.25, 0.3) is 6.08 Å². The van der Waals surface area contributed by atoms with E-state index < -0.39 is 0 Å². The molecular weight excluding hydrogens is 330 g/mol. The van der Waals surface area contributed by atoms with Crippen LogP contribution in [-0.2, 0) is 4.79 Å². The molecule has 0 radical (unpaired) electrons. The Morgan fingerprint density at radius 1 is 1.35 bits per heavy atom. The van der Waals surface area contributed by atoms with E-state index in [9.17, 15) is 9.90 Å². The Labute approximate surface area is 146 Å². The number of aromatic hydroxyl groups is 1. The van der Waals surface area contributed by atoms with Gasteiger partial charge in [-0.2, -0.15) is 0 Å². The fourth-order valence-electron chi connectivity index (χ4n) is 2.26. The number of phenolic OH excluding ortho intramolecular Hbond substituents is 1. The fraction of sp³-hybridized carbons (Fsp3) is 0.412. The molecule has 0 unspecified atom stereocenters. The van der Waals surface area contributed by atoms with Crippen molar-refractivity contribution in [2.75, 3.05) is 13.2 Å². The van der Waals surface area contributed by atoms with Gasteiger partial charge in [-0.05, 0) is 37.1 Å². The molecule has 6 heteroatoms. The largest absolute Gasteiger partial charge is 0.504 e. The van der Waals surface area contributed by atoms with Crippen molar-refractivity contribution in [3.63, 3.8) is 0 Å². The van der Waals surface area contributed by atoms with Crippen molar-refractivity contribution in [1.29, 1.82) is 0 Å². The van der Waals surface area contributed by atoms with Crippen LogP contribution in [0.4, 0.5) is 0 Å². The number of carbonyl (C=O) groups excluding carboxylic acids is 1. The van der Waals surface area contributed by atoms with Crippen molar-refractivity contribution in [3.05, 3.63) is 28.7 Å². The van der Waals surface area contributed by atoms with Gasteiger partial charge in [0.25, 0.3) is 5.91 Å². The molecule has 0 aromatic heterocycles. The van der Waals surface area contributed by atoms with Crippen molar-refractivity contribution in [1.82, 2.24) is 4.90 Å². The molecule has 1 aliphatic rings. The number of thiocarbonyl (C=S) groups is 1. The quantitative estimate of drug-likeness (QED) is 0.454. The summed E-state index contributed by atoms with van der Waals surface area (Å²) >= 11 is 6.63. The molecule has 0 spiro atoms. The van der Waals surface area contributed by atoms with E-state index in [1.165, 1.54) is 11.8 Å². The minimum atomic E-state index is -0.0397. The van der Waals surface area contributed by atoms with Crippen molar-refractivity contribution >= 4 is 40.3 Å². The third-order valence-corrected chi connectivity index (χ3v) is 4.82. The Balaban J connectivity index is 2.15. The average molecular weight is 351 g/mol. The normalized spacial score (nSPS) is 16.4. The van der Waals surface area contributed by atoms with E-state index >= 15 is 0 Å². The van der Waals surface area contributed by atoms with E-state index in [2.05, 4.69) is 6.92 Å². The van der Waals surface area contributed by atoms with Crippen molar-refractivity contribution < 1.29 is 14.6 Å². The van der Waals surface area contributed by atoms with Gasteiger partial charge in [0, 0.05) is 6.54 Å². The van der Waals surface area contributed by atoms with Crippen LogP contribution in [0.15, 0.2) is 23.1 Å². The molecule has 1 fully saturated rings. The zero-order chi connectivity index (χ0) is 16.8. The minimum Gasteiger partial charge on any atom is -0.504 e. The second-order valence-electron chi connectivity index (χ2n) is 5.20. The molecule has 1 aromatic carbocycles. The average Bonchev–Trinajstić information content (AvgIpc) is 2.78. The molecule has 23 heavy (non-hydrogen) atoms. The molecule has 1 amide bonds. The van der Waals surface area contributed by atoms with Gasteiger partial charge in [0.2, 0.25) is 0 Å². The summed E-state index contributed by atoms with van der Waals surface area (Å²) in [5, 5.41) is 9.74. The van der Waals surface area contributed by atoms with Gasteiger partial charge in [0.15, 0.2) is 11.5 Å². The maximum absolute atomic E-state index is 12.5. The lowest BCUT2D eigenvalue weighted by Gasteiger charge is -2.13. The van der Waals surface area contributed by atoms with Crippen molar-refractivity contribution in [2.24, 2.45) is 0 Å². The predicted molar refractivity (Wildman–Crippen MR) is 98.7 cm³/mol. The Kier molecular flexibility index (Phi) is 6.47. The van der Waals surface area contributed by atoms with E-state index in [1.807, 2.05) is 6.92 Å². The van der Waals surface area contributed by atoms with Crippen LogP contribution in [0.1, 0.15) is 38.7 Å². The van der Waals surface area contributed by atoms with E-state index in [4.69, 9.17) is 17.0 Å². The minimum absolute atomic E-state index is 0.0397. The van der Waals surface area contributed by atoms with E-state index in [1.54, 1.807) is 29.2 Å². The van der Waals surface area contributed by atoms with Crippen LogP contribution in [0.3, 0.4) is 0 Å². The van der Waals surface area contributed by atoms with Crippen LogP contribution in [0.5, 0.6) is 11.5 Å². The van der Waals surface area contributed by atoms with Gasteiger partial charge in [0.05, 0.1) is 11.5 Å². The summed E-state index contributed by atoms with van der Waals surface area (Å²) in [4.78, 5) is 14.7. The third kappa shape index (κ3) is 4.48. The number of hydrogen-bond acceptors (Lipinski definition) is 5. The maximum atomic E-state index is 12.5. The molecule has 0 atom stereocenters. The van der Waals surface area contributed by atoms with Crippen LogP contribution in [0.2, 0.25) is 0 Å².